The number of nitrogen functional groups attached to an aromatic ring is 1. The molecule has 0 fully saturated rings. The zero-order chi connectivity index (χ0) is 19.1. The van der Waals surface area contributed by atoms with Crippen molar-refractivity contribution in [3.63, 3.8) is 0 Å². The van der Waals surface area contributed by atoms with Crippen LogP contribution in [-0.4, -0.2) is 22.4 Å². The summed E-state index contributed by atoms with van der Waals surface area (Å²) in [5, 5.41) is 0. The molecule has 0 spiro atoms. The van der Waals surface area contributed by atoms with Crippen LogP contribution in [0.5, 0.6) is 0 Å². The normalized spacial score (nSPS) is 11.5. The number of nitrogens with two attached hydrogens (primary N) is 1. The molecule has 3 rings (SSSR count). The van der Waals surface area contributed by atoms with E-state index in [0.717, 1.165) is 16.8 Å². The quantitative estimate of drug-likeness (QED) is 0.679. The van der Waals surface area contributed by atoms with E-state index in [1.54, 1.807) is 6.07 Å². The van der Waals surface area contributed by atoms with Crippen molar-refractivity contribution in [1.29, 1.82) is 0 Å². The summed E-state index contributed by atoms with van der Waals surface area (Å²) in [6, 6.07) is 18.1. The number of aryl methyl sites for hydroxylation is 2. The standard InChI is InChI=1S/C22H23N5/c1-16-5-3-7-18(9-16)12-24-14-20-11-21(23)27-22(26-20)15-25-13-19-8-4-6-17(2)10-19/h3-13H,14-15H2,1-2H3,(H2,23,26,27). The van der Waals surface area contributed by atoms with Gasteiger partial charge >= 0.3 is 0 Å². The van der Waals surface area contributed by atoms with E-state index in [1.165, 1.54) is 11.1 Å². The Morgan fingerprint density at radius 2 is 1.41 bits per heavy atom. The molecule has 0 aliphatic carbocycles. The third-order valence-corrected chi connectivity index (χ3v) is 3.90. The van der Waals surface area contributed by atoms with Crippen LogP contribution in [0.1, 0.15) is 33.8 Å². The van der Waals surface area contributed by atoms with Crippen molar-refractivity contribution in [3.05, 3.63) is 88.4 Å². The maximum atomic E-state index is 5.91. The minimum atomic E-state index is 0.383. The topological polar surface area (TPSA) is 76.5 Å². The number of aliphatic imine (C=N–C) groups is 2. The van der Waals surface area contributed by atoms with E-state index in [0.29, 0.717) is 24.7 Å². The van der Waals surface area contributed by atoms with E-state index in [-0.39, 0.29) is 0 Å². The first kappa shape index (κ1) is 18.5. The van der Waals surface area contributed by atoms with Crippen LogP contribution in [0.3, 0.4) is 0 Å². The average molecular weight is 357 g/mol. The number of benzene rings is 2. The summed E-state index contributed by atoms with van der Waals surface area (Å²) < 4.78 is 0. The van der Waals surface area contributed by atoms with Gasteiger partial charge in [-0.2, -0.15) is 0 Å². The Morgan fingerprint density at radius 3 is 2.00 bits per heavy atom. The lowest BCUT2D eigenvalue weighted by molar-refractivity contribution is 0.867. The molecule has 0 atom stereocenters. The van der Waals surface area contributed by atoms with Gasteiger partial charge in [0.2, 0.25) is 0 Å². The summed E-state index contributed by atoms with van der Waals surface area (Å²) in [4.78, 5) is 17.7. The highest BCUT2D eigenvalue weighted by molar-refractivity contribution is 5.80. The molecule has 0 saturated carbocycles. The Morgan fingerprint density at radius 1 is 0.815 bits per heavy atom. The first-order valence-corrected chi connectivity index (χ1v) is 8.84. The third-order valence-electron chi connectivity index (χ3n) is 3.90. The van der Waals surface area contributed by atoms with Crippen molar-refractivity contribution >= 4 is 18.2 Å². The van der Waals surface area contributed by atoms with Crippen molar-refractivity contribution in [2.75, 3.05) is 5.73 Å². The van der Waals surface area contributed by atoms with Gasteiger partial charge in [-0.25, -0.2) is 9.97 Å². The van der Waals surface area contributed by atoms with Gasteiger partial charge in [-0.1, -0.05) is 59.7 Å². The molecule has 2 aromatic carbocycles. The molecule has 136 valence electrons. The molecule has 0 bridgehead atoms. The molecule has 1 heterocycles. The Kier molecular flexibility index (Phi) is 6.05. The van der Waals surface area contributed by atoms with Gasteiger partial charge in [-0.15, -0.1) is 0 Å². The van der Waals surface area contributed by atoms with Crippen molar-refractivity contribution in [1.82, 2.24) is 9.97 Å². The highest BCUT2D eigenvalue weighted by atomic mass is 15.0. The third kappa shape index (κ3) is 5.85. The second kappa shape index (κ2) is 8.85. The summed E-state index contributed by atoms with van der Waals surface area (Å²) in [5.74, 6) is 1.03. The summed E-state index contributed by atoms with van der Waals surface area (Å²) >= 11 is 0. The van der Waals surface area contributed by atoms with E-state index < -0.39 is 0 Å². The van der Waals surface area contributed by atoms with E-state index in [2.05, 4.69) is 58.1 Å². The molecule has 0 unspecified atom stereocenters. The van der Waals surface area contributed by atoms with Gasteiger partial charge in [0.15, 0.2) is 5.82 Å². The maximum absolute atomic E-state index is 5.91. The lowest BCUT2D eigenvalue weighted by Crippen LogP contribution is -2.02. The second-order valence-electron chi connectivity index (χ2n) is 6.47. The fraction of sp³-hybridized carbons (Fsp3) is 0.182. The van der Waals surface area contributed by atoms with Gasteiger partial charge in [0.05, 0.1) is 18.8 Å². The van der Waals surface area contributed by atoms with Crippen LogP contribution >= 0.6 is 0 Å². The summed E-state index contributed by atoms with van der Waals surface area (Å²) in [5.41, 5.74) is 11.2. The van der Waals surface area contributed by atoms with Crippen LogP contribution in [-0.2, 0) is 13.1 Å². The Bertz CT molecular complexity index is 900. The molecule has 0 saturated heterocycles. The minimum absolute atomic E-state index is 0.383. The number of aromatic nitrogens is 2. The van der Waals surface area contributed by atoms with E-state index in [9.17, 15) is 0 Å². The maximum Gasteiger partial charge on any atom is 0.152 e. The monoisotopic (exact) mass is 357 g/mol. The zero-order valence-electron chi connectivity index (χ0n) is 15.6. The largest absolute Gasteiger partial charge is 0.384 e. The molecule has 0 amide bonds. The molecule has 0 aliphatic heterocycles. The molecule has 1 aromatic heterocycles. The van der Waals surface area contributed by atoms with Crippen LogP contribution in [0.15, 0.2) is 64.6 Å². The van der Waals surface area contributed by atoms with Crippen molar-refractivity contribution in [2.24, 2.45) is 9.98 Å². The number of rotatable bonds is 6. The van der Waals surface area contributed by atoms with Crippen LogP contribution in [0, 0.1) is 13.8 Å². The molecular weight excluding hydrogens is 334 g/mol. The number of hydrogen-bond acceptors (Lipinski definition) is 5. The number of nitrogens with zero attached hydrogens (tertiary/aromatic N) is 4. The zero-order valence-corrected chi connectivity index (χ0v) is 15.6. The average Bonchev–Trinajstić information content (AvgIpc) is 2.61. The predicted molar refractivity (Wildman–Crippen MR) is 111 cm³/mol. The Balaban J connectivity index is 1.65. The highest BCUT2D eigenvalue weighted by Crippen LogP contribution is 2.07. The van der Waals surface area contributed by atoms with Gasteiger partial charge in [0, 0.05) is 18.5 Å². The summed E-state index contributed by atoms with van der Waals surface area (Å²) in [6.07, 6.45) is 3.68. The van der Waals surface area contributed by atoms with Crippen LogP contribution in [0.4, 0.5) is 5.82 Å². The van der Waals surface area contributed by atoms with Crippen LogP contribution in [0.25, 0.3) is 0 Å². The van der Waals surface area contributed by atoms with Gasteiger partial charge in [0.1, 0.15) is 5.82 Å². The van der Waals surface area contributed by atoms with Crippen LogP contribution in [0.2, 0.25) is 0 Å². The summed E-state index contributed by atoms with van der Waals surface area (Å²) in [7, 11) is 0. The molecule has 0 radical (unpaired) electrons. The Hall–Kier alpha value is -3.34. The SMILES string of the molecule is Cc1cccc(C=NCc2cc(N)nc(CN=Cc3cccc(C)c3)n2)c1. The number of hydrogen-bond donors (Lipinski definition) is 1. The lowest BCUT2D eigenvalue weighted by atomic mass is 10.1. The molecule has 27 heavy (non-hydrogen) atoms. The van der Waals surface area contributed by atoms with Gasteiger partial charge in [0.25, 0.3) is 0 Å². The smallest absolute Gasteiger partial charge is 0.152 e. The first-order chi connectivity index (χ1) is 13.1. The van der Waals surface area contributed by atoms with Crippen LogP contribution < -0.4 is 5.73 Å². The lowest BCUT2D eigenvalue weighted by Gasteiger charge is -2.02. The van der Waals surface area contributed by atoms with E-state index in [4.69, 9.17) is 5.73 Å². The van der Waals surface area contributed by atoms with E-state index >= 15 is 0 Å². The summed E-state index contributed by atoms with van der Waals surface area (Å²) in [6.45, 7) is 4.96. The molecule has 2 N–H and O–H groups in total. The minimum Gasteiger partial charge on any atom is -0.384 e. The van der Waals surface area contributed by atoms with Crippen molar-refractivity contribution in [3.8, 4) is 0 Å². The molecular formula is C22H23N5. The number of anilines is 1. The van der Waals surface area contributed by atoms with Crippen molar-refractivity contribution in [2.45, 2.75) is 26.9 Å². The fourth-order valence-electron chi connectivity index (χ4n) is 2.70. The second-order valence-corrected chi connectivity index (χ2v) is 6.47. The van der Waals surface area contributed by atoms with Gasteiger partial charge < -0.3 is 5.73 Å². The van der Waals surface area contributed by atoms with Gasteiger partial charge in [-0.3, -0.25) is 9.98 Å². The molecule has 5 nitrogen and oxygen atoms in total. The molecule has 3 aromatic rings. The highest BCUT2D eigenvalue weighted by Gasteiger charge is 2.02. The molecule has 0 aliphatic rings. The van der Waals surface area contributed by atoms with Gasteiger partial charge in [-0.05, 0) is 25.0 Å². The van der Waals surface area contributed by atoms with E-state index in [1.807, 2.05) is 36.7 Å². The first-order valence-electron chi connectivity index (χ1n) is 8.84. The van der Waals surface area contributed by atoms with Crippen molar-refractivity contribution < 1.29 is 0 Å². The molecule has 5 heteroatoms. The fourth-order valence-corrected chi connectivity index (χ4v) is 2.70. The Labute approximate surface area is 159 Å². The predicted octanol–water partition coefficient (Wildman–Crippen LogP) is 3.91.